The normalized spacial score (nSPS) is 12.8. The molecule has 0 bridgehead atoms. The number of aromatic nitrogens is 1. The van der Waals surface area contributed by atoms with Gasteiger partial charge in [-0.15, -0.1) is 0 Å². The van der Waals surface area contributed by atoms with Crippen LogP contribution in [-0.2, 0) is 21.5 Å². The molecule has 1 heterocycles. The van der Waals surface area contributed by atoms with E-state index in [1.54, 1.807) is 23.5 Å². The predicted octanol–water partition coefficient (Wildman–Crippen LogP) is 6.26. The molecule has 0 amide bonds. The summed E-state index contributed by atoms with van der Waals surface area (Å²) < 4.78 is 36.2. The van der Waals surface area contributed by atoms with Crippen LogP contribution in [0.4, 0.5) is 0 Å². The maximum absolute atomic E-state index is 11.3. The number of thioether (sulfide) groups is 1. The molecule has 0 radical (unpaired) electrons. The van der Waals surface area contributed by atoms with Gasteiger partial charge < -0.3 is 14.6 Å². The molecule has 3 rings (SSSR count). The lowest BCUT2D eigenvalue weighted by atomic mass is 10.2. The second kappa shape index (κ2) is 13.8. The Kier molecular flexibility index (Phi) is 11.1. The molecule has 3 aromatic rings. The molecule has 2 aromatic carbocycles. The van der Waals surface area contributed by atoms with Gasteiger partial charge in [0, 0.05) is 46.4 Å². The Hall–Kier alpha value is -2.08. The molecule has 7 nitrogen and oxygen atoms in total. The van der Waals surface area contributed by atoms with Crippen molar-refractivity contribution >= 4 is 78.7 Å². The van der Waals surface area contributed by atoms with Crippen LogP contribution in [0.3, 0.4) is 0 Å². The summed E-state index contributed by atoms with van der Waals surface area (Å²) in [6, 6.07) is 13.0. The fourth-order valence-corrected chi connectivity index (χ4v) is 6.50. The second-order valence-electron chi connectivity index (χ2n) is 8.50. The van der Waals surface area contributed by atoms with Crippen LogP contribution in [0.15, 0.2) is 64.0 Å². The number of carboxylic acids is 1. The molecule has 0 saturated heterocycles. The molecule has 0 fully saturated rings. The van der Waals surface area contributed by atoms with Gasteiger partial charge in [0.2, 0.25) is 5.52 Å². The standard InChI is InChI=1S/C26H28Cl2N2O5S3/c1-3-18(16-25-30(13-11-26(31)32)22-17-20(28)7-10-23(22)37-25)15-24(29(2)12-4-14-38(33,34)35)36-21-8-5-19(27)6-9-21/h5-10,15-17H,3-4,11-14H2,1-2H3,(H-,31,32,33,34,35). The van der Waals surface area contributed by atoms with Crippen LogP contribution >= 0.6 is 46.3 Å². The van der Waals surface area contributed by atoms with Crippen molar-refractivity contribution in [2.75, 3.05) is 19.3 Å². The molecular formula is C26H28Cl2N2O5S3. The number of fused-ring (bicyclic) bond motifs is 1. The Morgan fingerprint density at radius 1 is 1.18 bits per heavy atom. The summed E-state index contributed by atoms with van der Waals surface area (Å²) in [5, 5.41) is 12.2. The molecular weight excluding hydrogens is 587 g/mol. The topological polar surface area (TPSA) is 102 Å². The third-order valence-corrected chi connectivity index (χ3v) is 9.10. The number of carboxylic acid groups (broad SMARTS) is 1. The van der Waals surface area contributed by atoms with E-state index in [-0.39, 0.29) is 12.8 Å². The number of benzene rings is 2. The first-order chi connectivity index (χ1) is 17.9. The highest BCUT2D eigenvalue weighted by molar-refractivity contribution is 8.03. The molecule has 0 saturated carbocycles. The van der Waals surface area contributed by atoms with Crippen LogP contribution < -0.4 is 4.57 Å². The number of aliphatic carboxylic acids is 1. The molecule has 38 heavy (non-hydrogen) atoms. The summed E-state index contributed by atoms with van der Waals surface area (Å²) in [7, 11) is -2.44. The monoisotopic (exact) mass is 614 g/mol. The quantitative estimate of drug-likeness (QED) is 0.105. The maximum Gasteiger partial charge on any atom is 0.309 e. The van der Waals surface area contributed by atoms with Crippen molar-refractivity contribution in [3.05, 3.63) is 74.2 Å². The van der Waals surface area contributed by atoms with Crippen LogP contribution in [0.25, 0.3) is 16.3 Å². The van der Waals surface area contributed by atoms with E-state index in [9.17, 15) is 22.9 Å². The number of aryl methyl sites for hydroxylation is 1. The lowest BCUT2D eigenvalue weighted by molar-refractivity contribution is -0.667. The lowest BCUT2D eigenvalue weighted by Crippen LogP contribution is -2.36. The summed E-state index contributed by atoms with van der Waals surface area (Å²) in [6.45, 7) is 2.71. The molecule has 0 spiro atoms. The van der Waals surface area contributed by atoms with Gasteiger partial charge >= 0.3 is 5.97 Å². The van der Waals surface area contributed by atoms with Crippen molar-refractivity contribution in [1.82, 2.24) is 4.90 Å². The fraction of sp³-hybridized carbons (Fsp3) is 0.308. The van der Waals surface area contributed by atoms with E-state index in [0.29, 0.717) is 29.6 Å². The van der Waals surface area contributed by atoms with E-state index < -0.39 is 21.8 Å². The largest absolute Gasteiger partial charge is 0.748 e. The summed E-state index contributed by atoms with van der Waals surface area (Å²) in [5.41, 5.74) is 1.87. The van der Waals surface area contributed by atoms with Crippen molar-refractivity contribution in [3.63, 3.8) is 0 Å². The van der Waals surface area contributed by atoms with Gasteiger partial charge in [-0.25, -0.2) is 8.42 Å². The van der Waals surface area contributed by atoms with Crippen molar-refractivity contribution in [1.29, 1.82) is 0 Å². The maximum atomic E-state index is 11.3. The van der Waals surface area contributed by atoms with Crippen LogP contribution in [-0.4, -0.2) is 48.3 Å². The summed E-state index contributed by atoms with van der Waals surface area (Å²) in [4.78, 5) is 14.2. The third-order valence-electron chi connectivity index (χ3n) is 5.57. The van der Waals surface area contributed by atoms with Gasteiger partial charge in [-0.2, -0.15) is 4.57 Å². The number of carbonyl (C=O) groups is 1. The van der Waals surface area contributed by atoms with E-state index >= 15 is 0 Å². The van der Waals surface area contributed by atoms with Crippen molar-refractivity contribution < 1.29 is 27.4 Å². The Balaban J connectivity index is 2.01. The van der Waals surface area contributed by atoms with Crippen molar-refractivity contribution in [2.24, 2.45) is 0 Å². The number of nitrogens with zero attached hydrogens (tertiary/aromatic N) is 2. The first-order valence-corrected chi connectivity index (χ1v) is 15.8. The minimum absolute atomic E-state index is 0.0236. The molecule has 1 aromatic heterocycles. The molecule has 0 aliphatic heterocycles. The highest BCUT2D eigenvalue weighted by atomic mass is 35.5. The van der Waals surface area contributed by atoms with Gasteiger partial charge in [-0.3, -0.25) is 4.79 Å². The van der Waals surface area contributed by atoms with Gasteiger partial charge in [0.1, 0.15) is 11.1 Å². The molecule has 0 atom stereocenters. The van der Waals surface area contributed by atoms with Crippen LogP contribution in [0.5, 0.6) is 0 Å². The molecule has 12 heteroatoms. The molecule has 0 aliphatic rings. The van der Waals surface area contributed by atoms with Gasteiger partial charge in [0.05, 0.1) is 15.1 Å². The third kappa shape index (κ3) is 9.29. The first-order valence-electron chi connectivity index (χ1n) is 11.8. The van der Waals surface area contributed by atoms with E-state index in [2.05, 4.69) is 0 Å². The highest BCUT2D eigenvalue weighted by Crippen LogP contribution is 2.32. The summed E-state index contributed by atoms with van der Waals surface area (Å²) in [5.74, 6) is -1.31. The fourth-order valence-electron chi connectivity index (χ4n) is 3.61. The van der Waals surface area contributed by atoms with Crippen LogP contribution in [0.2, 0.25) is 10.0 Å². The number of allylic oxidation sites excluding steroid dienone is 2. The predicted molar refractivity (Wildman–Crippen MR) is 155 cm³/mol. The van der Waals surface area contributed by atoms with Gasteiger partial charge in [-0.05, 0) is 60.9 Å². The van der Waals surface area contributed by atoms with Gasteiger partial charge in [-0.1, -0.05) is 53.2 Å². The average Bonchev–Trinajstić information content (AvgIpc) is 3.18. The molecule has 1 N–H and O–H groups in total. The Labute approximate surface area is 241 Å². The Morgan fingerprint density at radius 3 is 2.50 bits per heavy atom. The van der Waals surface area contributed by atoms with E-state index in [1.165, 1.54) is 11.8 Å². The van der Waals surface area contributed by atoms with Gasteiger partial charge in [0.25, 0.3) is 5.01 Å². The zero-order valence-corrected chi connectivity index (χ0v) is 24.9. The van der Waals surface area contributed by atoms with Crippen molar-refractivity contribution in [2.45, 2.75) is 37.6 Å². The number of hydrogen-bond donors (Lipinski definition) is 1. The highest BCUT2D eigenvalue weighted by Gasteiger charge is 2.21. The number of thiazole rings is 1. The summed E-state index contributed by atoms with van der Waals surface area (Å²) in [6.07, 6.45) is 4.95. The molecule has 204 valence electrons. The molecule has 0 unspecified atom stereocenters. The van der Waals surface area contributed by atoms with Crippen molar-refractivity contribution in [3.8, 4) is 0 Å². The number of hydrogen-bond acceptors (Lipinski definition) is 7. The lowest BCUT2D eigenvalue weighted by Gasteiger charge is -2.23. The molecule has 0 aliphatic carbocycles. The number of rotatable bonds is 13. The van der Waals surface area contributed by atoms with Crippen LogP contribution in [0, 0.1) is 0 Å². The van der Waals surface area contributed by atoms with Gasteiger partial charge in [0.15, 0.2) is 6.54 Å². The minimum Gasteiger partial charge on any atom is -0.748 e. The summed E-state index contributed by atoms with van der Waals surface area (Å²) >= 11 is 15.3. The smallest absolute Gasteiger partial charge is 0.309 e. The van der Waals surface area contributed by atoms with E-state index in [4.69, 9.17) is 23.2 Å². The SMILES string of the molecule is CCC(/C=C(\Sc1ccc(Cl)cc1)N(C)CCCS(=O)(=O)[O-])=C\c1sc2ccc(Cl)cc2[n+]1CCC(=O)O. The average molecular weight is 616 g/mol. The van der Waals surface area contributed by atoms with E-state index in [0.717, 1.165) is 30.7 Å². The zero-order valence-electron chi connectivity index (χ0n) is 20.9. The van der Waals surface area contributed by atoms with E-state index in [1.807, 2.05) is 65.9 Å². The Bertz CT molecular complexity index is 1450. The minimum atomic E-state index is -4.29. The van der Waals surface area contributed by atoms with Crippen LogP contribution in [0.1, 0.15) is 31.2 Å². The second-order valence-corrected chi connectivity index (χ2v) is 13.0. The first kappa shape index (κ1) is 30.5. The zero-order chi connectivity index (χ0) is 27.9. The Morgan fingerprint density at radius 2 is 1.87 bits per heavy atom. The number of halogens is 2.